The van der Waals surface area contributed by atoms with Crippen LogP contribution in [0.15, 0.2) is 40.2 Å². The number of rotatable bonds is 6. The van der Waals surface area contributed by atoms with E-state index in [1.54, 1.807) is 19.2 Å². The number of aliphatic imine (C=N–C) groups is 1. The van der Waals surface area contributed by atoms with Crippen LogP contribution in [0.25, 0.3) is 0 Å². The smallest absolute Gasteiger partial charge is 0.191 e. The van der Waals surface area contributed by atoms with E-state index in [0.717, 1.165) is 24.0 Å². The zero-order valence-corrected chi connectivity index (χ0v) is 16.4. The lowest BCUT2D eigenvalue weighted by Gasteiger charge is -2.23. The molecule has 5 nitrogen and oxygen atoms in total. The predicted molar refractivity (Wildman–Crippen MR) is 104 cm³/mol. The first-order valence-corrected chi connectivity index (χ1v) is 10.5. The van der Waals surface area contributed by atoms with E-state index in [-0.39, 0.29) is 11.8 Å². The molecule has 1 aromatic rings. The van der Waals surface area contributed by atoms with Crippen LogP contribution in [-0.4, -0.2) is 39.3 Å². The van der Waals surface area contributed by atoms with E-state index in [4.69, 9.17) is 0 Å². The molecule has 0 radical (unpaired) electrons. The summed E-state index contributed by atoms with van der Waals surface area (Å²) in [6.45, 7) is 5.90. The third-order valence-electron chi connectivity index (χ3n) is 4.66. The zero-order valence-electron chi connectivity index (χ0n) is 15.5. The van der Waals surface area contributed by atoms with Crippen molar-refractivity contribution in [3.63, 3.8) is 0 Å². The molecule has 0 amide bonds. The van der Waals surface area contributed by atoms with Crippen LogP contribution in [0.4, 0.5) is 0 Å². The Morgan fingerprint density at radius 1 is 1.24 bits per heavy atom. The Kier molecular flexibility index (Phi) is 6.64. The summed E-state index contributed by atoms with van der Waals surface area (Å²) in [5.41, 5.74) is 2.09. The van der Waals surface area contributed by atoms with E-state index in [9.17, 15) is 8.42 Å². The summed E-state index contributed by atoms with van der Waals surface area (Å²) in [4.78, 5) is 4.63. The van der Waals surface area contributed by atoms with Crippen LogP contribution in [0.3, 0.4) is 0 Å². The first kappa shape index (κ1) is 19.5. The molecule has 1 aromatic carbocycles. The minimum absolute atomic E-state index is 0.0512. The van der Waals surface area contributed by atoms with Crippen LogP contribution >= 0.6 is 0 Å². The molecule has 0 aromatic heterocycles. The molecule has 0 saturated carbocycles. The van der Waals surface area contributed by atoms with E-state index in [1.165, 1.54) is 0 Å². The lowest BCUT2D eigenvalue weighted by Crippen LogP contribution is -2.48. The first-order chi connectivity index (χ1) is 11.9. The molecule has 1 atom stereocenters. The van der Waals surface area contributed by atoms with E-state index < -0.39 is 9.84 Å². The number of hydrogen-bond donors (Lipinski definition) is 2. The molecule has 0 saturated heterocycles. The van der Waals surface area contributed by atoms with Gasteiger partial charge >= 0.3 is 0 Å². The zero-order chi connectivity index (χ0) is 18.4. The summed E-state index contributed by atoms with van der Waals surface area (Å²) in [5.74, 6) is 0.714. The minimum atomic E-state index is -3.35. The molecule has 1 unspecified atom stereocenters. The fourth-order valence-corrected chi connectivity index (χ4v) is 4.50. The molecule has 2 N–H and O–H groups in total. The number of benzene rings is 1. The average molecular weight is 364 g/mol. The summed E-state index contributed by atoms with van der Waals surface area (Å²) in [6.07, 6.45) is 6.93. The fourth-order valence-electron chi connectivity index (χ4n) is 2.82. The van der Waals surface area contributed by atoms with Crippen LogP contribution in [0.2, 0.25) is 0 Å². The van der Waals surface area contributed by atoms with Gasteiger partial charge in [-0.25, -0.2) is 8.42 Å². The van der Waals surface area contributed by atoms with Crippen LogP contribution in [0.1, 0.15) is 37.3 Å². The summed E-state index contributed by atoms with van der Waals surface area (Å²) in [6, 6.07) is 5.47. The highest BCUT2D eigenvalue weighted by atomic mass is 32.2. The molecule has 6 heteroatoms. The summed E-state index contributed by atoms with van der Waals surface area (Å²) < 4.78 is 25.5. The SMILES string of the molecule is CCC(CS(=O)(=O)c1ccc(C)c(C)c1)NC(=NC)NC1CC=CC1. The molecule has 0 aliphatic heterocycles. The van der Waals surface area contributed by atoms with E-state index >= 15 is 0 Å². The molecular weight excluding hydrogens is 334 g/mol. The topological polar surface area (TPSA) is 70.6 Å². The Bertz CT molecular complexity index is 746. The van der Waals surface area contributed by atoms with Crippen LogP contribution in [-0.2, 0) is 9.84 Å². The van der Waals surface area contributed by atoms with Gasteiger partial charge in [0.05, 0.1) is 10.6 Å². The number of sulfone groups is 1. The predicted octanol–water partition coefficient (Wildman–Crippen LogP) is 2.74. The largest absolute Gasteiger partial charge is 0.353 e. The van der Waals surface area contributed by atoms with Gasteiger partial charge in [-0.05, 0) is 56.4 Å². The number of nitrogens with one attached hydrogen (secondary N) is 2. The lowest BCUT2D eigenvalue weighted by atomic mass is 10.1. The van der Waals surface area contributed by atoms with Crippen molar-refractivity contribution in [3.05, 3.63) is 41.5 Å². The Morgan fingerprint density at radius 3 is 2.48 bits per heavy atom. The maximum Gasteiger partial charge on any atom is 0.191 e. The standard InChI is InChI=1S/C19H29N3O2S/c1-5-16(21-19(20-4)22-17-8-6-7-9-17)13-25(23,24)18-11-10-14(2)15(3)12-18/h6-7,10-12,16-17H,5,8-9,13H2,1-4H3,(H2,20,21,22). The van der Waals surface area contributed by atoms with Crippen molar-refractivity contribution in [1.82, 2.24) is 10.6 Å². The van der Waals surface area contributed by atoms with Crippen molar-refractivity contribution >= 4 is 15.8 Å². The van der Waals surface area contributed by atoms with Gasteiger partial charge in [0.15, 0.2) is 15.8 Å². The van der Waals surface area contributed by atoms with Crippen molar-refractivity contribution in [1.29, 1.82) is 0 Å². The van der Waals surface area contributed by atoms with Gasteiger partial charge in [-0.15, -0.1) is 0 Å². The second-order valence-electron chi connectivity index (χ2n) is 6.63. The number of nitrogens with zero attached hydrogens (tertiary/aromatic N) is 1. The highest BCUT2D eigenvalue weighted by molar-refractivity contribution is 7.91. The maximum absolute atomic E-state index is 12.8. The van der Waals surface area contributed by atoms with Gasteiger partial charge in [0, 0.05) is 19.1 Å². The average Bonchev–Trinajstić information content (AvgIpc) is 3.08. The number of guanidine groups is 1. The molecule has 0 spiro atoms. The van der Waals surface area contributed by atoms with Gasteiger partial charge in [0.1, 0.15) is 0 Å². The highest BCUT2D eigenvalue weighted by Crippen LogP contribution is 2.17. The third kappa shape index (κ3) is 5.33. The van der Waals surface area contributed by atoms with Gasteiger partial charge in [-0.2, -0.15) is 0 Å². The first-order valence-electron chi connectivity index (χ1n) is 8.80. The maximum atomic E-state index is 12.8. The number of hydrogen-bond acceptors (Lipinski definition) is 3. The van der Waals surface area contributed by atoms with Crippen LogP contribution in [0, 0.1) is 13.8 Å². The highest BCUT2D eigenvalue weighted by Gasteiger charge is 2.22. The summed E-state index contributed by atoms with van der Waals surface area (Å²) in [5, 5.41) is 6.62. The van der Waals surface area contributed by atoms with E-state index in [2.05, 4.69) is 27.8 Å². The minimum Gasteiger partial charge on any atom is -0.353 e. The van der Waals surface area contributed by atoms with Gasteiger partial charge in [-0.3, -0.25) is 4.99 Å². The van der Waals surface area contributed by atoms with Gasteiger partial charge in [0.2, 0.25) is 0 Å². The second-order valence-corrected chi connectivity index (χ2v) is 8.67. The van der Waals surface area contributed by atoms with Crippen molar-refractivity contribution in [2.45, 2.75) is 57.0 Å². The molecule has 1 aliphatic rings. The summed E-state index contributed by atoms with van der Waals surface area (Å²) >= 11 is 0. The summed E-state index contributed by atoms with van der Waals surface area (Å²) in [7, 11) is -1.64. The molecule has 25 heavy (non-hydrogen) atoms. The number of aryl methyl sites for hydroxylation is 2. The van der Waals surface area contributed by atoms with Crippen molar-refractivity contribution in [2.24, 2.45) is 4.99 Å². The van der Waals surface area contributed by atoms with Crippen LogP contribution < -0.4 is 10.6 Å². The van der Waals surface area contributed by atoms with Crippen molar-refractivity contribution < 1.29 is 8.42 Å². The Balaban J connectivity index is 2.05. The van der Waals surface area contributed by atoms with Crippen molar-refractivity contribution in [3.8, 4) is 0 Å². The molecule has 0 fully saturated rings. The van der Waals surface area contributed by atoms with Gasteiger partial charge in [-0.1, -0.05) is 25.1 Å². The monoisotopic (exact) mass is 363 g/mol. The normalized spacial score (nSPS) is 16.9. The van der Waals surface area contributed by atoms with Crippen molar-refractivity contribution in [2.75, 3.05) is 12.8 Å². The molecule has 138 valence electrons. The second kappa shape index (κ2) is 8.52. The van der Waals surface area contributed by atoms with Crippen LogP contribution in [0.5, 0.6) is 0 Å². The Morgan fingerprint density at radius 2 is 1.92 bits per heavy atom. The Hall–Kier alpha value is -1.82. The lowest BCUT2D eigenvalue weighted by molar-refractivity contribution is 0.561. The van der Waals surface area contributed by atoms with E-state index in [0.29, 0.717) is 23.3 Å². The molecule has 2 rings (SSSR count). The third-order valence-corrected chi connectivity index (χ3v) is 6.48. The molecule has 1 aliphatic carbocycles. The van der Waals surface area contributed by atoms with Gasteiger partial charge < -0.3 is 10.6 Å². The fraction of sp³-hybridized carbons (Fsp3) is 0.526. The molecule has 0 heterocycles. The quantitative estimate of drug-likeness (QED) is 0.463. The van der Waals surface area contributed by atoms with E-state index in [1.807, 2.05) is 26.8 Å². The van der Waals surface area contributed by atoms with Gasteiger partial charge in [0.25, 0.3) is 0 Å². The molecule has 0 bridgehead atoms. The Labute approximate surface area is 151 Å². The molecular formula is C19H29N3O2S.